The average molecular weight is 300 g/mol. The van der Waals surface area contributed by atoms with E-state index < -0.39 is 0 Å². The molecule has 1 aromatic heterocycles. The minimum absolute atomic E-state index is 0.151. The van der Waals surface area contributed by atoms with Gasteiger partial charge in [-0.2, -0.15) is 0 Å². The van der Waals surface area contributed by atoms with Crippen LogP contribution in [-0.2, 0) is 4.74 Å². The minimum Gasteiger partial charge on any atom is -0.374 e. The number of aromatic nitrogens is 2. The Morgan fingerprint density at radius 2 is 2.24 bits per heavy atom. The van der Waals surface area contributed by atoms with Crippen molar-refractivity contribution in [2.75, 3.05) is 24.6 Å². The monoisotopic (exact) mass is 299 g/mol. The molecule has 2 heterocycles. The third kappa shape index (κ3) is 2.96. The van der Waals surface area contributed by atoms with E-state index in [9.17, 15) is 0 Å². The van der Waals surface area contributed by atoms with Crippen molar-refractivity contribution in [2.24, 2.45) is 5.41 Å². The van der Waals surface area contributed by atoms with Crippen LogP contribution in [0.15, 0.2) is 17.0 Å². The second-order valence-electron chi connectivity index (χ2n) is 5.37. The van der Waals surface area contributed by atoms with Gasteiger partial charge >= 0.3 is 0 Å². The Hall–Kier alpha value is -0.680. The van der Waals surface area contributed by atoms with Crippen LogP contribution >= 0.6 is 15.9 Å². The topological polar surface area (TPSA) is 38.2 Å². The highest BCUT2D eigenvalue weighted by molar-refractivity contribution is 9.10. The maximum Gasteiger partial charge on any atom is 0.146 e. The van der Waals surface area contributed by atoms with Crippen molar-refractivity contribution >= 4 is 21.7 Å². The summed E-state index contributed by atoms with van der Waals surface area (Å²) in [5, 5.41) is 0. The zero-order chi connectivity index (χ0) is 12.5. The molecule has 1 saturated heterocycles. The van der Waals surface area contributed by atoms with Crippen molar-refractivity contribution < 1.29 is 4.74 Å². The summed E-state index contributed by atoms with van der Waals surface area (Å²) in [6, 6.07) is 0. The van der Waals surface area contributed by atoms with Gasteiger partial charge in [0.25, 0.3) is 0 Å². The molecule has 1 aliphatic rings. The van der Waals surface area contributed by atoms with E-state index >= 15 is 0 Å². The molecule has 4 nitrogen and oxygen atoms in total. The van der Waals surface area contributed by atoms with Gasteiger partial charge in [0.2, 0.25) is 0 Å². The zero-order valence-electron chi connectivity index (χ0n) is 10.5. The first-order valence-corrected chi connectivity index (χ1v) is 6.60. The number of hydrogen-bond donors (Lipinski definition) is 0. The zero-order valence-corrected chi connectivity index (χ0v) is 12.1. The molecule has 17 heavy (non-hydrogen) atoms. The molecule has 0 aliphatic carbocycles. The van der Waals surface area contributed by atoms with Crippen LogP contribution in [0.4, 0.5) is 5.82 Å². The summed E-state index contributed by atoms with van der Waals surface area (Å²) in [6.45, 7) is 9.11. The van der Waals surface area contributed by atoms with Crippen molar-refractivity contribution in [3.05, 3.63) is 17.0 Å². The van der Waals surface area contributed by atoms with Gasteiger partial charge in [0.05, 0.1) is 17.2 Å². The normalized spacial score (nSPS) is 21.6. The van der Waals surface area contributed by atoms with Gasteiger partial charge in [-0.15, -0.1) is 0 Å². The predicted octanol–water partition coefficient (Wildman–Crippen LogP) is 2.49. The third-order valence-corrected chi connectivity index (χ3v) is 3.54. The fraction of sp³-hybridized carbons (Fsp3) is 0.667. The summed E-state index contributed by atoms with van der Waals surface area (Å²) in [5.41, 5.74) is 0.151. The van der Waals surface area contributed by atoms with Gasteiger partial charge in [0.1, 0.15) is 12.1 Å². The number of halogens is 1. The van der Waals surface area contributed by atoms with E-state index in [4.69, 9.17) is 4.74 Å². The molecule has 0 spiro atoms. The van der Waals surface area contributed by atoms with Crippen LogP contribution in [0.2, 0.25) is 0 Å². The Morgan fingerprint density at radius 3 is 2.88 bits per heavy atom. The van der Waals surface area contributed by atoms with Crippen LogP contribution in [0.5, 0.6) is 0 Å². The first-order chi connectivity index (χ1) is 7.98. The molecule has 1 unspecified atom stereocenters. The Kier molecular flexibility index (Phi) is 3.68. The molecule has 0 bridgehead atoms. The molecule has 0 amide bonds. The van der Waals surface area contributed by atoms with Gasteiger partial charge in [0.15, 0.2) is 0 Å². The largest absolute Gasteiger partial charge is 0.374 e. The van der Waals surface area contributed by atoms with Crippen molar-refractivity contribution in [1.29, 1.82) is 0 Å². The Labute approximate surface area is 111 Å². The lowest BCUT2D eigenvalue weighted by molar-refractivity contribution is -0.0268. The molecular weight excluding hydrogens is 282 g/mol. The highest BCUT2D eigenvalue weighted by Gasteiger charge is 2.31. The van der Waals surface area contributed by atoms with E-state index in [0.29, 0.717) is 0 Å². The molecule has 94 valence electrons. The lowest BCUT2D eigenvalue weighted by Crippen LogP contribution is -2.48. The average Bonchev–Trinajstić information content (AvgIpc) is 2.29. The van der Waals surface area contributed by atoms with Crippen LogP contribution in [0.25, 0.3) is 0 Å². The number of rotatable bonds is 1. The van der Waals surface area contributed by atoms with E-state index in [1.165, 1.54) is 0 Å². The lowest BCUT2D eigenvalue weighted by atomic mass is 9.88. The predicted molar refractivity (Wildman–Crippen MR) is 71.1 cm³/mol. The van der Waals surface area contributed by atoms with Crippen LogP contribution in [0, 0.1) is 5.41 Å². The molecule has 0 saturated carbocycles. The van der Waals surface area contributed by atoms with Gasteiger partial charge in [0, 0.05) is 19.3 Å². The number of morpholine rings is 1. The summed E-state index contributed by atoms with van der Waals surface area (Å²) in [7, 11) is 0. The maximum atomic E-state index is 5.83. The summed E-state index contributed by atoms with van der Waals surface area (Å²) < 4.78 is 6.77. The standard InChI is InChI=1S/C12H18BrN3O/c1-12(2,3)10-7-16(4-5-17-10)11-9(13)6-14-8-15-11/h6,8,10H,4-5,7H2,1-3H3. The molecular formula is C12H18BrN3O. The number of hydrogen-bond acceptors (Lipinski definition) is 4. The number of anilines is 1. The Bertz CT molecular complexity index is 392. The van der Waals surface area contributed by atoms with Gasteiger partial charge in [-0.05, 0) is 21.3 Å². The highest BCUT2D eigenvalue weighted by Crippen LogP contribution is 2.29. The highest BCUT2D eigenvalue weighted by atomic mass is 79.9. The lowest BCUT2D eigenvalue weighted by Gasteiger charge is -2.40. The van der Waals surface area contributed by atoms with Crippen molar-refractivity contribution in [2.45, 2.75) is 26.9 Å². The second kappa shape index (κ2) is 4.90. The van der Waals surface area contributed by atoms with Gasteiger partial charge in [-0.25, -0.2) is 9.97 Å². The van der Waals surface area contributed by atoms with E-state index in [1.54, 1.807) is 12.5 Å². The second-order valence-corrected chi connectivity index (χ2v) is 6.22. The van der Waals surface area contributed by atoms with Crippen molar-refractivity contribution in [1.82, 2.24) is 9.97 Å². The van der Waals surface area contributed by atoms with E-state index in [2.05, 4.69) is 51.6 Å². The van der Waals surface area contributed by atoms with Crippen LogP contribution in [0.3, 0.4) is 0 Å². The summed E-state index contributed by atoms with van der Waals surface area (Å²) in [5.74, 6) is 0.956. The van der Waals surface area contributed by atoms with Crippen molar-refractivity contribution in [3.63, 3.8) is 0 Å². The quantitative estimate of drug-likeness (QED) is 0.798. The molecule has 1 aromatic rings. The first-order valence-electron chi connectivity index (χ1n) is 5.80. The van der Waals surface area contributed by atoms with E-state index in [-0.39, 0.29) is 11.5 Å². The van der Waals surface area contributed by atoms with Gasteiger partial charge < -0.3 is 9.64 Å². The molecule has 5 heteroatoms. The molecule has 1 aliphatic heterocycles. The fourth-order valence-electron chi connectivity index (χ4n) is 1.90. The van der Waals surface area contributed by atoms with Crippen LogP contribution in [-0.4, -0.2) is 35.8 Å². The number of nitrogens with zero attached hydrogens (tertiary/aromatic N) is 3. The van der Waals surface area contributed by atoms with Gasteiger partial charge in [-0.3, -0.25) is 0 Å². The minimum atomic E-state index is 0.151. The smallest absolute Gasteiger partial charge is 0.146 e. The fourth-order valence-corrected chi connectivity index (χ4v) is 2.38. The summed E-state index contributed by atoms with van der Waals surface area (Å²) >= 11 is 3.49. The SMILES string of the molecule is CC(C)(C)C1CN(c2ncncc2Br)CCO1. The Balaban J connectivity index is 2.15. The molecule has 0 N–H and O–H groups in total. The first kappa shape index (κ1) is 12.8. The molecule has 1 fully saturated rings. The van der Waals surface area contributed by atoms with E-state index in [1.807, 2.05) is 0 Å². The molecule has 0 radical (unpaired) electrons. The number of ether oxygens (including phenoxy) is 1. The maximum absolute atomic E-state index is 5.83. The molecule has 0 aromatic carbocycles. The molecule has 1 atom stereocenters. The third-order valence-electron chi connectivity index (χ3n) is 2.98. The Morgan fingerprint density at radius 1 is 1.47 bits per heavy atom. The van der Waals surface area contributed by atoms with Crippen LogP contribution < -0.4 is 4.90 Å². The van der Waals surface area contributed by atoms with Crippen molar-refractivity contribution in [3.8, 4) is 0 Å². The summed E-state index contributed by atoms with van der Waals surface area (Å²) in [6.07, 6.45) is 3.60. The van der Waals surface area contributed by atoms with E-state index in [0.717, 1.165) is 30.0 Å². The van der Waals surface area contributed by atoms with Gasteiger partial charge in [-0.1, -0.05) is 20.8 Å². The molecule has 2 rings (SSSR count). The van der Waals surface area contributed by atoms with Crippen LogP contribution in [0.1, 0.15) is 20.8 Å². The summed E-state index contributed by atoms with van der Waals surface area (Å²) in [4.78, 5) is 10.6.